The lowest BCUT2D eigenvalue weighted by Gasteiger charge is -2.62. The number of nitrogens with zero attached hydrogens (tertiary/aromatic N) is 3. The molecule has 4 bridgehead atoms. The molecule has 2 N–H and O–H groups in total. The highest BCUT2D eigenvalue weighted by molar-refractivity contribution is 9.10. The monoisotopic (exact) mass is 701 g/mol. The van der Waals surface area contributed by atoms with Crippen molar-refractivity contribution in [2.75, 3.05) is 34.2 Å². The molecule has 5 fully saturated rings. The van der Waals surface area contributed by atoms with Crippen LogP contribution in [0.2, 0.25) is 0 Å². The Kier molecular flexibility index (Phi) is 8.75. The smallest absolute Gasteiger partial charge is 0.245 e. The van der Waals surface area contributed by atoms with Crippen LogP contribution in [0.5, 0.6) is 0 Å². The Hall–Kier alpha value is -3.17. The molecule has 2 heterocycles. The van der Waals surface area contributed by atoms with Crippen LogP contribution in [-0.2, 0) is 27.3 Å². The lowest BCUT2D eigenvalue weighted by atomic mass is 9.43. The number of para-hydroxylation sites is 1. The maximum atomic E-state index is 14.7. The van der Waals surface area contributed by atoms with E-state index in [0.29, 0.717) is 37.8 Å². The summed E-state index contributed by atoms with van der Waals surface area (Å²) in [4.78, 5) is 52.3. The highest BCUT2D eigenvalue weighted by atomic mass is 79.9. The van der Waals surface area contributed by atoms with E-state index in [-0.39, 0.29) is 28.6 Å². The average Bonchev–Trinajstić information content (AvgIpc) is 3.67. The number of carbonyl (C=O) groups is 3. The molecule has 2 aromatic carbocycles. The first-order valence-electron chi connectivity index (χ1n) is 17.3. The SMILES string of the molecule is CN(C)CC12CC3CC(C1)CC(C(=O)N1CCCC1C(=O)NC(Cc1c[nH]c4ccccc14)C(=O)N(C)Cc1ccccc1Br)(C3)C2. The van der Waals surface area contributed by atoms with Crippen molar-refractivity contribution in [3.8, 4) is 0 Å². The first-order chi connectivity index (χ1) is 22.5. The summed E-state index contributed by atoms with van der Waals surface area (Å²) in [6.45, 7) is 2.05. The fourth-order valence-corrected chi connectivity index (χ4v) is 10.8. The van der Waals surface area contributed by atoms with Crippen molar-refractivity contribution < 1.29 is 14.4 Å². The topological polar surface area (TPSA) is 88.7 Å². The van der Waals surface area contributed by atoms with E-state index in [0.717, 1.165) is 58.7 Å². The minimum atomic E-state index is -0.769. The van der Waals surface area contributed by atoms with Gasteiger partial charge < -0.3 is 25.0 Å². The summed E-state index contributed by atoms with van der Waals surface area (Å²) >= 11 is 3.61. The number of likely N-dealkylation sites (tertiary alicyclic amines) is 1. The van der Waals surface area contributed by atoms with Crippen LogP contribution >= 0.6 is 15.9 Å². The van der Waals surface area contributed by atoms with Crippen LogP contribution in [0.4, 0.5) is 0 Å². The average molecular weight is 703 g/mol. The van der Waals surface area contributed by atoms with Gasteiger partial charge in [0, 0.05) is 54.7 Å². The minimum Gasteiger partial charge on any atom is -0.361 e. The number of hydrogen-bond acceptors (Lipinski definition) is 4. The highest BCUT2D eigenvalue weighted by Crippen LogP contribution is 2.66. The molecular weight excluding hydrogens is 654 g/mol. The Morgan fingerprint density at radius 2 is 1.72 bits per heavy atom. The zero-order valence-electron chi connectivity index (χ0n) is 27.9. The van der Waals surface area contributed by atoms with Gasteiger partial charge in [0.25, 0.3) is 0 Å². The van der Waals surface area contributed by atoms with Crippen LogP contribution < -0.4 is 5.32 Å². The second-order valence-electron chi connectivity index (χ2n) is 15.5. The van der Waals surface area contributed by atoms with Crippen LogP contribution in [0.25, 0.3) is 10.9 Å². The number of hydrogen-bond donors (Lipinski definition) is 2. The van der Waals surface area contributed by atoms with Crippen molar-refractivity contribution in [2.45, 2.75) is 76.4 Å². The summed E-state index contributed by atoms with van der Waals surface area (Å²) in [5.74, 6) is 1.04. The minimum absolute atomic E-state index is 0.151. The molecule has 3 aromatic rings. The van der Waals surface area contributed by atoms with Gasteiger partial charge in [-0.15, -0.1) is 0 Å². The number of aromatic amines is 1. The van der Waals surface area contributed by atoms with E-state index in [1.165, 1.54) is 19.3 Å². The van der Waals surface area contributed by atoms with Crippen molar-refractivity contribution in [1.29, 1.82) is 0 Å². The molecule has 4 atom stereocenters. The second kappa shape index (κ2) is 12.7. The van der Waals surface area contributed by atoms with Crippen molar-refractivity contribution >= 4 is 44.6 Å². The Labute approximate surface area is 286 Å². The standard InChI is InChI=1S/C38H48BrN5O3/c1-42(2)24-37-17-25-15-26(18-37)20-38(19-25,23-37)36(47)44-14-8-13-33(44)34(45)41-32(16-28-21-40-31-12-7-5-10-29(28)31)35(46)43(3)22-27-9-4-6-11-30(27)39/h4-7,9-12,21,25-26,32-33,40H,8,13-20,22-24H2,1-3H3,(H,41,45). The zero-order chi connectivity index (χ0) is 32.9. The Bertz CT molecular complexity index is 1650. The number of aromatic nitrogens is 1. The summed E-state index contributed by atoms with van der Waals surface area (Å²) in [6, 6.07) is 14.6. The number of nitrogens with one attached hydrogen (secondary N) is 2. The molecule has 1 aromatic heterocycles. The Balaban J connectivity index is 1.12. The van der Waals surface area contributed by atoms with Gasteiger partial charge in [-0.1, -0.05) is 52.3 Å². The van der Waals surface area contributed by atoms with Crippen LogP contribution in [0.1, 0.15) is 62.5 Å². The van der Waals surface area contributed by atoms with E-state index in [4.69, 9.17) is 0 Å². The number of carbonyl (C=O) groups excluding carboxylic acids is 3. The van der Waals surface area contributed by atoms with Gasteiger partial charge in [0.1, 0.15) is 12.1 Å². The third-order valence-electron chi connectivity index (χ3n) is 11.6. The third-order valence-corrected chi connectivity index (χ3v) is 12.3. The van der Waals surface area contributed by atoms with Crippen LogP contribution in [-0.4, -0.2) is 83.7 Å². The van der Waals surface area contributed by atoms with Crippen molar-refractivity contribution in [1.82, 2.24) is 25.0 Å². The summed E-state index contributed by atoms with van der Waals surface area (Å²) in [7, 11) is 6.09. The molecule has 0 spiro atoms. The number of amides is 3. The number of H-pyrrole nitrogens is 1. The van der Waals surface area contributed by atoms with Gasteiger partial charge in [-0.2, -0.15) is 0 Å². The third kappa shape index (κ3) is 6.26. The summed E-state index contributed by atoms with van der Waals surface area (Å²) in [5.41, 5.74) is 2.82. The molecule has 250 valence electrons. The van der Waals surface area contributed by atoms with Gasteiger partial charge in [0.15, 0.2) is 0 Å². The molecule has 8 nitrogen and oxygen atoms in total. The molecule has 9 heteroatoms. The molecule has 47 heavy (non-hydrogen) atoms. The Morgan fingerprint density at radius 1 is 1.00 bits per heavy atom. The number of likely N-dealkylation sites (N-methyl/N-ethyl adjacent to an activating group) is 1. The molecule has 1 saturated heterocycles. The second-order valence-corrected chi connectivity index (χ2v) is 16.4. The maximum absolute atomic E-state index is 14.7. The fourth-order valence-electron chi connectivity index (χ4n) is 10.4. The van der Waals surface area contributed by atoms with Gasteiger partial charge >= 0.3 is 0 Å². The van der Waals surface area contributed by atoms with Gasteiger partial charge in [0.2, 0.25) is 17.7 Å². The molecule has 4 aliphatic carbocycles. The van der Waals surface area contributed by atoms with Crippen LogP contribution in [0.3, 0.4) is 0 Å². The molecule has 4 saturated carbocycles. The highest BCUT2D eigenvalue weighted by Gasteiger charge is 2.62. The van der Waals surface area contributed by atoms with E-state index in [9.17, 15) is 14.4 Å². The molecule has 5 aliphatic rings. The first-order valence-corrected chi connectivity index (χ1v) is 18.1. The van der Waals surface area contributed by atoms with Gasteiger partial charge in [-0.05, 0) is 106 Å². The molecular formula is C38H48BrN5O3. The Morgan fingerprint density at radius 3 is 2.47 bits per heavy atom. The molecule has 4 unspecified atom stereocenters. The van der Waals surface area contributed by atoms with E-state index in [1.807, 2.05) is 59.6 Å². The molecule has 1 aliphatic heterocycles. The van der Waals surface area contributed by atoms with E-state index in [1.54, 1.807) is 11.9 Å². The van der Waals surface area contributed by atoms with E-state index >= 15 is 0 Å². The summed E-state index contributed by atoms with van der Waals surface area (Å²) < 4.78 is 0.939. The summed E-state index contributed by atoms with van der Waals surface area (Å²) in [5, 5.41) is 4.22. The number of halogens is 1. The predicted molar refractivity (Wildman–Crippen MR) is 187 cm³/mol. The number of fused-ring (bicyclic) bond motifs is 1. The number of rotatable bonds is 10. The lowest BCUT2D eigenvalue weighted by Crippen LogP contribution is -2.62. The van der Waals surface area contributed by atoms with Gasteiger partial charge in [-0.3, -0.25) is 14.4 Å². The van der Waals surface area contributed by atoms with Crippen LogP contribution in [0, 0.1) is 22.7 Å². The van der Waals surface area contributed by atoms with E-state index < -0.39 is 12.1 Å². The van der Waals surface area contributed by atoms with Crippen molar-refractivity contribution in [2.24, 2.45) is 22.7 Å². The lowest BCUT2D eigenvalue weighted by molar-refractivity contribution is -0.171. The fraction of sp³-hybridized carbons (Fsp3) is 0.553. The maximum Gasteiger partial charge on any atom is 0.245 e. The largest absolute Gasteiger partial charge is 0.361 e. The zero-order valence-corrected chi connectivity index (χ0v) is 29.5. The van der Waals surface area contributed by atoms with E-state index in [2.05, 4.69) is 45.2 Å². The predicted octanol–water partition coefficient (Wildman–Crippen LogP) is 5.76. The molecule has 3 amide bonds. The summed E-state index contributed by atoms with van der Waals surface area (Å²) in [6.07, 6.45) is 10.3. The first kappa shape index (κ1) is 32.4. The number of benzene rings is 2. The van der Waals surface area contributed by atoms with Crippen LogP contribution in [0.15, 0.2) is 59.2 Å². The normalized spacial score (nSPS) is 28.6. The van der Waals surface area contributed by atoms with Gasteiger partial charge in [-0.25, -0.2) is 0 Å². The quantitative estimate of drug-likeness (QED) is 0.282. The van der Waals surface area contributed by atoms with Crippen molar-refractivity contribution in [3.63, 3.8) is 0 Å². The molecule has 0 radical (unpaired) electrons. The van der Waals surface area contributed by atoms with Gasteiger partial charge in [0.05, 0.1) is 5.41 Å². The molecule has 8 rings (SSSR count). The van der Waals surface area contributed by atoms with Crippen molar-refractivity contribution in [3.05, 3.63) is 70.3 Å².